The van der Waals surface area contributed by atoms with E-state index < -0.39 is 0 Å². The molecule has 1 heterocycles. The van der Waals surface area contributed by atoms with Gasteiger partial charge in [-0.3, -0.25) is 4.68 Å². The number of aryl methyl sites for hydroxylation is 2. The monoisotopic (exact) mass is 303 g/mol. The molecular formula is C12H22BrN3O. The summed E-state index contributed by atoms with van der Waals surface area (Å²) in [5.74, 6) is 0.319. The van der Waals surface area contributed by atoms with Crippen LogP contribution in [-0.4, -0.2) is 28.0 Å². The highest BCUT2D eigenvalue weighted by Gasteiger charge is 2.34. The second-order valence-electron chi connectivity index (χ2n) is 5.03. The average molecular weight is 304 g/mol. The molecule has 0 aromatic carbocycles. The van der Waals surface area contributed by atoms with Crippen LogP contribution in [0, 0.1) is 18.3 Å². The molecule has 98 valence electrons. The fourth-order valence-corrected chi connectivity index (χ4v) is 2.50. The van der Waals surface area contributed by atoms with Crippen molar-refractivity contribution in [2.45, 2.75) is 27.2 Å². The van der Waals surface area contributed by atoms with Gasteiger partial charge in [-0.2, -0.15) is 5.10 Å². The molecule has 0 saturated heterocycles. The second kappa shape index (κ2) is 5.50. The Kier molecular flexibility index (Phi) is 4.75. The topological polar surface area (TPSA) is 64.1 Å². The summed E-state index contributed by atoms with van der Waals surface area (Å²) in [5, 5.41) is 14.0. The van der Waals surface area contributed by atoms with Gasteiger partial charge in [-0.25, -0.2) is 0 Å². The third kappa shape index (κ3) is 2.72. The minimum absolute atomic E-state index is 0.0951. The predicted molar refractivity (Wildman–Crippen MR) is 72.8 cm³/mol. The van der Waals surface area contributed by atoms with Crippen LogP contribution >= 0.6 is 15.9 Å². The van der Waals surface area contributed by atoms with E-state index in [1.165, 1.54) is 0 Å². The van der Waals surface area contributed by atoms with Gasteiger partial charge in [-0.1, -0.05) is 13.8 Å². The van der Waals surface area contributed by atoms with Crippen LogP contribution in [0.4, 0.5) is 0 Å². The van der Waals surface area contributed by atoms with Crippen LogP contribution in [0.3, 0.4) is 0 Å². The molecule has 0 saturated carbocycles. The maximum atomic E-state index is 9.67. The average Bonchev–Trinajstić information content (AvgIpc) is 2.51. The molecule has 0 fully saturated rings. The summed E-state index contributed by atoms with van der Waals surface area (Å²) in [5.41, 5.74) is 7.65. The summed E-state index contributed by atoms with van der Waals surface area (Å²) in [7, 11) is 1.92. The van der Waals surface area contributed by atoms with Crippen LogP contribution in [0.25, 0.3) is 0 Å². The first-order valence-corrected chi connectivity index (χ1v) is 6.66. The molecule has 1 rings (SSSR count). The number of hydrogen-bond donors (Lipinski definition) is 2. The lowest BCUT2D eigenvalue weighted by Gasteiger charge is -2.34. The number of nitrogens with zero attached hydrogens (tertiary/aromatic N) is 2. The molecule has 0 radical (unpaired) electrons. The van der Waals surface area contributed by atoms with Crippen molar-refractivity contribution < 1.29 is 5.11 Å². The molecule has 1 unspecified atom stereocenters. The van der Waals surface area contributed by atoms with Crippen LogP contribution in [0.15, 0.2) is 4.47 Å². The Morgan fingerprint density at radius 2 is 2.12 bits per heavy atom. The Labute approximate surface area is 111 Å². The van der Waals surface area contributed by atoms with Gasteiger partial charge in [0.25, 0.3) is 0 Å². The molecule has 0 aliphatic rings. The van der Waals surface area contributed by atoms with E-state index >= 15 is 0 Å². The SMILES string of the molecule is Cc1nn(C)c(CC(CN)(CO)C(C)C)c1Br. The largest absolute Gasteiger partial charge is 0.396 e. The van der Waals surface area contributed by atoms with Gasteiger partial charge in [0.2, 0.25) is 0 Å². The smallest absolute Gasteiger partial charge is 0.0738 e. The first kappa shape index (κ1) is 14.7. The van der Waals surface area contributed by atoms with Crippen molar-refractivity contribution in [1.29, 1.82) is 0 Å². The number of aliphatic hydroxyl groups is 1. The van der Waals surface area contributed by atoms with Crippen LogP contribution in [0.5, 0.6) is 0 Å². The molecule has 0 aliphatic heterocycles. The normalized spacial score (nSPS) is 15.3. The number of hydrogen-bond acceptors (Lipinski definition) is 3. The fraction of sp³-hybridized carbons (Fsp3) is 0.750. The Bertz CT molecular complexity index is 383. The lowest BCUT2D eigenvalue weighted by atomic mass is 9.74. The Hall–Kier alpha value is -0.390. The number of halogens is 1. The van der Waals surface area contributed by atoms with E-state index in [9.17, 15) is 5.11 Å². The maximum Gasteiger partial charge on any atom is 0.0738 e. The number of aliphatic hydroxyl groups excluding tert-OH is 1. The minimum Gasteiger partial charge on any atom is -0.396 e. The van der Waals surface area contributed by atoms with Gasteiger partial charge in [0, 0.05) is 19.0 Å². The zero-order valence-corrected chi connectivity index (χ0v) is 12.6. The molecule has 1 aromatic heterocycles. The van der Waals surface area contributed by atoms with Gasteiger partial charge in [0.05, 0.1) is 22.5 Å². The van der Waals surface area contributed by atoms with Crippen molar-refractivity contribution >= 4 is 15.9 Å². The molecule has 0 amide bonds. The lowest BCUT2D eigenvalue weighted by Crippen LogP contribution is -2.41. The number of nitrogens with two attached hydrogens (primary N) is 1. The minimum atomic E-state index is -0.275. The van der Waals surface area contributed by atoms with Crippen molar-refractivity contribution in [3.8, 4) is 0 Å². The first-order chi connectivity index (χ1) is 7.88. The molecule has 1 atom stereocenters. The third-order valence-corrected chi connectivity index (χ3v) is 4.76. The fourth-order valence-electron chi connectivity index (χ4n) is 2.02. The van der Waals surface area contributed by atoms with Gasteiger partial charge in [0.1, 0.15) is 0 Å². The van der Waals surface area contributed by atoms with E-state index in [1.807, 2.05) is 18.7 Å². The summed E-state index contributed by atoms with van der Waals surface area (Å²) >= 11 is 3.56. The molecule has 5 heteroatoms. The quantitative estimate of drug-likeness (QED) is 0.869. The molecule has 1 aromatic rings. The van der Waals surface area contributed by atoms with E-state index in [2.05, 4.69) is 34.9 Å². The highest BCUT2D eigenvalue weighted by molar-refractivity contribution is 9.10. The molecule has 17 heavy (non-hydrogen) atoms. The van der Waals surface area contributed by atoms with Crippen molar-refractivity contribution in [2.75, 3.05) is 13.2 Å². The molecule has 3 N–H and O–H groups in total. The van der Waals surface area contributed by atoms with Gasteiger partial charge >= 0.3 is 0 Å². The van der Waals surface area contributed by atoms with Gasteiger partial charge in [-0.15, -0.1) is 0 Å². The zero-order chi connectivity index (χ0) is 13.2. The highest BCUT2D eigenvalue weighted by atomic mass is 79.9. The lowest BCUT2D eigenvalue weighted by molar-refractivity contribution is 0.0822. The summed E-state index contributed by atoms with van der Waals surface area (Å²) in [4.78, 5) is 0. The zero-order valence-electron chi connectivity index (χ0n) is 11.0. The molecule has 4 nitrogen and oxygen atoms in total. The van der Waals surface area contributed by atoms with Gasteiger partial charge < -0.3 is 10.8 Å². The molecule has 0 aliphatic carbocycles. The Morgan fingerprint density at radius 3 is 2.41 bits per heavy atom. The molecular weight excluding hydrogens is 282 g/mol. The van der Waals surface area contributed by atoms with Crippen LogP contribution in [0.1, 0.15) is 25.2 Å². The maximum absolute atomic E-state index is 9.67. The summed E-state index contributed by atoms with van der Waals surface area (Å²) < 4.78 is 2.88. The second-order valence-corrected chi connectivity index (χ2v) is 5.82. The van der Waals surface area contributed by atoms with E-state index in [1.54, 1.807) is 0 Å². The van der Waals surface area contributed by atoms with Crippen molar-refractivity contribution in [2.24, 2.45) is 24.1 Å². The van der Waals surface area contributed by atoms with Crippen molar-refractivity contribution in [3.05, 3.63) is 15.9 Å². The highest BCUT2D eigenvalue weighted by Crippen LogP contribution is 2.33. The Balaban J connectivity index is 3.10. The van der Waals surface area contributed by atoms with Gasteiger partial charge in [-0.05, 0) is 35.2 Å². The molecule has 0 bridgehead atoms. The van der Waals surface area contributed by atoms with E-state index in [0.717, 1.165) is 22.3 Å². The number of rotatable bonds is 5. The van der Waals surface area contributed by atoms with Crippen molar-refractivity contribution in [3.63, 3.8) is 0 Å². The Morgan fingerprint density at radius 1 is 1.53 bits per heavy atom. The number of aromatic nitrogens is 2. The standard InChI is InChI=1S/C12H22BrN3O/c1-8(2)12(6-14,7-17)5-10-11(13)9(3)15-16(10)4/h8,17H,5-7,14H2,1-4H3. The first-order valence-electron chi connectivity index (χ1n) is 5.87. The molecule has 0 spiro atoms. The summed E-state index contributed by atoms with van der Waals surface area (Å²) in [6, 6.07) is 0. The van der Waals surface area contributed by atoms with E-state index in [-0.39, 0.29) is 12.0 Å². The van der Waals surface area contributed by atoms with Crippen molar-refractivity contribution in [1.82, 2.24) is 9.78 Å². The van der Waals surface area contributed by atoms with Crippen LogP contribution < -0.4 is 5.73 Å². The van der Waals surface area contributed by atoms with E-state index in [4.69, 9.17) is 5.73 Å². The van der Waals surface area contributed by atoms with Crippen LogP contribution in [0.2, 0.25) is 0 Å². The van der Waals surface area contributed by atoms with Gasteiger partial charge in [0.15, 0.2) is 0 Å². The third-order valence-electron chi connectivity index (χ3n) is 3.73. The van der Waals surface area contributed by atoms with Crippen LogP contribution in [-0.2, 0) is 13.5 Å². The predicted octanol–water partition coefficient (Wildman–Crippen LogP) is 1.63. The summed E-state index contributed by atoms with van der Waals surface area (Å²) in [6.45, 7) is 6.72. The summed E-state index contributed by atoms with van der Waals surface area (Å²) in [6.07, 6.45) is 0.732. The van der Waals surface area contributed by atoms with E-state index in [0.29, 0.717) is 12.5 Å².